The molecule has 7 heteroatoms. The van der Waals surface area contributed by atoms with E-state index in [0.717, 1.165) is 6.07 Å². The first kappa shape index (κ1) is 12.1. The van der Waals surface area contributed by atoms with E-state index in [-0.39, 0.29) is 10.7 Å². The summed E-state index contributed by atoms with van der Waals surface area (Å²) in [5.41, 5.74) is 9.23. The van der Waals surface area contributed by atoms with Crippen LogP contribution in [0.15, 0.2) is 12.1 Å². The fourth-order valence-electron chi connectivity index (χ4n) is 1.04. The monoisotopic (exact) mass is 242 g/mol. The third kappa shape index (κ3) is 2.51. The van der Waals surface area contributed by atoms with Crippen molar-refractivity contribution in [1.29, 1.82) is 0 Å². The Labute approximate surface area is 87.8 Å². The molecule has 0 bridgehead atoms. The van der Waals surface area contributed by atoms with Crippen LogP contribution in [0.25, 0.3) is 0 Å². The average molecular weight is 243 g/mol. The molecule has 2 nitrogen and oxygen atoms in total. The molecular weight excluding hydrogens is 236 g/mol. The molecule has 0 aliphatic rings. The van der Waals surface area contributed by atoms with Crippen molar-refractivity contribution in [3.05, 3.63) is 28.5 Å². The minimum atomic E-state index is -4.69. The normalized spacial score (nSPS) is 14.0. The molecule has 0 radical (unpaired) electrons. The van der Waals surface area contributed by atoms with Crippen LogP contribution >= 0.6 is 11.6 Å². The van der Waals surface area contributed by atoms with Crippen molar-refractivity contribution in [1.82, 2.24) is 0 Å². The third-order valence-corrected chi connectivity index (χ3v) is 2.13. The molecule has 0 aromatic heterocycles. The van der Waals surface area contributed by atoms with Gasteiger partial charge in [0.15, 0.2) is 0 Å². The van der Waals surface area contributed by atoms with E-state index in [2.05, 4.69) is 0 Å². The zero-order valence-corrected chi connectivity index (χ0v) is 8.03. The molecular formula is C8H7ClF4N2. The molecule has 1 aromatic carbocycles. The molecule has 0 heterocycles. The second-order valence-corrected chi connectivity index (χ2v) is 3.32. The first-order valence-electron chi connectivity index (χ1n) is 3.80. The van der Waals surface area contributed by atoms with E-state index in [9.17, 15) is 17.6 Å². The average Bonchev–Trinajstić information content (AvgIpc) is 2.08. The molecule has 0 fully saturated rings. The van der Waals surface area contributed by atoms with Crippen molar-refractivity contribution in [2.45, 2.75) is 12.2 Å². The zero-order chi connectivity index (χ0) is 11.8. The summed E-state index contributed by atoms with van der Waals surface area (Å²) < 4.78 is 49.5. The van der Waals surface area contributed by atoms with Gasteiger partial charge in [0.2, 0.25) is 0 Å². The van der Waals surface area contributed by atoms with E-state index in [1.54, 1.807) is 0 Å². The molecule has 0 unspecified atom stereocenters. The smallest absolute Gasteiger partial charge is 0.397 e. The minimum absolute atomic E-state index is 0.287. The van der Waals surface area contributed by atoms with E-state index >= 15 is 0 Å². The quantitative estimate of drug-likeness (QED) is 0.588. The standard InChI is InChI=1S/C8H7ClF4N2/c9-5-2-3(10)1-4(6(5)14)7(15)8(11,12)13/h1-2,7H,14-15H2/t7-/m1/s1. The Morgan fingerprint density at radius 1 is 1.27 bits per heavy atom. The second-order valence-electron chi connectivity index (χ2n) is 2.91. The predicted molar refractivity (Wildman–Crippen MR) is 48.8 cm³/mol. The molecule has 0 amide bonds. The van der Waals surface area contributed by atoms with Crippen LogP contribution in [0.5, 0.6) is 0 Å². The lowest BCUT2D eigenvalue weighted by molar-refractivity contribution is -0.149. The van der Waals surface area contributed by atoms with Gasteiger partial charge in [-0.2, -0.15) is 13.2 Å². The van der Waals surface area contributed by atoms with Crippen molar-refractivity contribution in [2.75, 3.05) is 5.73 Å². The molecule has 0 saturated heterocycles. The maximum Gasteiger partial charge on any atom is 0.407 e. The highest BCUT2D eigenvalue weighted by molar-refractivity contribution is 6.33. The molecule has 0 aliphatic carbocycles. The Morgan fingerprint density at radius 3 is 2.27 bits per heavy atom. The van der Waals surface area contributed by atoms with Crippen LogP contribution in [-0.2, 0) is 0 Å². The van der Waals surface area contributed by atoms with Gasteiger partial charge in [-0.05, 0) is 12.1 Å². The molecule has 0 aliphatic heterocycles. The predicted octanol–water partition coefficient (Wildman–Crippen LogP) is 2.62. The number of benzene rings is 1. The van der Waals surface area contributed by atoms with Crippen molar-refractivity contribution in [3.8, 4) is 0 Å². The molecule has 0 saturated carbocycles. The van der Waals surface area contributed by atoms with Gasteiger partial charge < -0.3 is 11.5 Å². The lowest BCUT2D eigenvalue weighted by atomic mass is 10.1. The van der Waals surface area contributed by atoms with Crippen molar-refractivity contribution in [2.24, 2.45) is 5.73 Å². The van der Waals surface area contributed by atoms with Gasteiger partial charge in [-0.15, -0.1) is 0 Å². The van der Waals surface area contributed by atoms with Crippen molar-refractivity contribution in [3.63, 3.8) is 0 Å². The first-order valence-corrected chi connectivity index (χ1v) is 4.18. The fraction of sp³-hybridized carbons (Fsp3) is 0.250. The van der Waals surface area contributed by atoms with Gasteiger partial charge in [-0.3, -0.25) is 0 Å². The van der Waals surface area contributed by atoms with Crippen LogP contribution in [0.1, 0.15) is 11.6 Å². The van der Waals surface area contributed by atoms with E-state index in [4.69, 9.17) is 23.1 Å². The molecule has 84 valence electrons. The second kappa shape index (κ2) is 3.86. The van der Waals surface area contributed by atoms with E-state index in [1.165, 1.54) is 0 Å². The summed E-state index contributed by atoms with van der Waals surface area (Å²) in [6.45, 7) is 0. The maximum absolute atomic E-state index is 12.8. The van der Waals surface area contributed by atoms with Crippen LogP contribution in [0.4, 0.5) is 23.2 Å². The number of anilines is 1. The van der Waals surface area contributed by atoms with Crippen LogP contribution in [0.3, 0.4) is 0 Å². The molecule has 1 aromatic rings. The lowest BCUT2D eigenvalue weighted by Crippen LogP contribution is -2.29. The summed E-state index contributed by atoms with van der Waals surface area (Å²) in [6, 6.07) is -0.895. The third-order valence-electron chi connectivity index (χ3n) is 1.81. The summed E-state index contributed by atoms with van der Waals surface area (Å²) in [5.74, 6) is -0.913. The van der Waals surface area contributed by atoms with Crippen molar-refractivity contribution >= 4 is 17.3 Å². The van der Waals surface area contributed by atoms with Gasteiger partial charge in [0, 0.05) is 5.56 Å². The minimum Gasteiger partial charge on any atom is -0.397 e. The fourth-order valence-corrected chi connectivity index (χ4v) is 1.25. The summed E-state index contributed by atoms with van der Waals surface area (Å²) >= 11 is 5.43. The van der Waals surface area contributed by atoms with Crippen LogP contribution < -0.4 is 11.5 Å². The highest BCUT2D eigenvalue weighted by Gasteiger charge is 2.39. The highest BCUT2D eigenvalue weighted by atomic mass is 35.5. The highest BCUT2D eigenvalue weighted by Crippen LogP contribution is 2.36. The maximum atomic E-state index is 12.8. The van der Waals surface area contributed by atoms with E-state index in [0.29, 0.717) is 6.07 Å². The van der Waals surface area contributed by atoms with Gasteiger partial charge in [-0.1, -0.05) is 11.6 Å². The Bertz CT molecular complexity index is 378. The Kier molecular flexibility index (Phi) is 3.11. The Morgan fingerprint density at radius 2 is 1.80 bits per heavy atom. The van der Waals surface area contributed by atoms with E-state index < -0.39 is 23.6 Å². The number of rotatable bonds is 1. The summed E-state index contributed by atoms with van der Waals surface area (Å²) in [6.07, 6.45) is -4.69. The lowest BCUT2D eigenvalue weighted by Gasteiger charge is -2.18. The molecule has 4 N–H and O–H groups in total. The summed E-state index contributed by atoms with van der Waals surface area (Å²) in [4.78, 5) is 0. The first-order chi connectivity index (χ1) is 6.73. The number of hydrogen-bond acceptors (Lipinski definition) is 2. The number of nitrogen functional groups attached to an aromatic ring is 1. The SMILES string of the molecule is Nc1c(Cl)cc(F)cc1[C@@H](N)C(F)(F)F. The van der Waals surface area contributed by atoms with Crippen molar-refractivity contribution < 1.29 is 17.6 Å². The number of hydrogen-bond donors (Lipinski definition) is 2. The van der Waals surface area contributed by atoms with Crippen LogP contribution in [-0.4, -0.2) is 6.18 Å². The summed E-state index contributed by atoms with van der Waals surface area (Å²) in [7, 11) is 0. The van der Waals surface area contributed by atoms with Gasteiger partial charge in [-0.25, -0.2) is 4.39 Å². The topological polar surface area (TPSA) is 52.0 Å². The Hall–Kier alpha value is -1.01. The molecule has 1 rings (SSSR count). The summed E-state index contributed by atoms with van der Waals surface area (Å²) in [5, 5.41) is -0.287. The molecule has 1 atom stereocenters. The molecule has 0 spiro atoms. The largest absolute Gasteiger partial charge is 0.407 e. The van der Waals surface area contributed by atoms with Gasteiger partial charge in [0.25, 0.3) is 0 Å². The Balaban J connectivity index is 3.25. The number of nitrogens with two attached hydrogens (primary N) is 2. The van der Waals surface area contributed by atoms with Gasteiger partial charge in [0.05, 0.1) is 10.7 Å². The number of halogens is 5. The van der Waals surface area contributed by atoms with Gasteiger partial charge in [0.1, 0.15) is 11.9 Å². The molecule has 15 heavy (non-hydrogen) atoms. The number of alkyl halides is 3. The zero-order valence-electron chi connectivity index (χ0n) is 7.28. The van der Waals surface area contributed by atoms with Gasteiger partial charge >= 0.3 is 6.18 Å². The van der Waals surface area contributed by atoms with Crippen LogP contribution in [0.2, 0.25) is 5.02 Å². The van der Waals surface area contributed by atoms with E-state index in [1.807, 2.05) is 0 Å². The van der Waals surface area contributed by atoms with Crippen LogP contribution in [0, 0.1) is 5.82 Å².